The molecule has 0 bridgehead atoms. The zero-order valence-corrected chi connectivity index (χ0v) is 11.6. The summed E-state index contributed by atoms with van der Waals surface area (Å²) >= 11 is 1.88. The molecule has 0 spiro atoms. The molecule has 0 amide bonds. The van der Waals surface area contributed by atoms with Crippen LogP contribution in [0.25, 0.3) is 11.0 Å². The van der Waals surface area contributed by atoms with Gasteiger partial charge in [-0.15, -0.1) is 0 Å². The third-order valence-electron chi connectivity index (χ3n) is 3.13. The molecule has 4 nitrogen and oxygen atoms in total. The highest BCUT2D eigenvalue weighted by atomic mass is 32.2. The van der Waals surface area contributed by atoms with E-state index in [9.17, 15) is 8.42 Å². The highest BCUT2D eigenvalue weighted by Gasteiger charge is 2.22. The topological polar surface area (TPSA) is 62.8 Å². The van der Waals surface area contributed by atoms with Gasteiger partial charge in [-0.25, -0.2) is 13.4 Å². The first-order chi connectivity index (χ1) is 8.55. The van der Waals surface area contributed by atoms with E-state index in [1.54, 1.807) is 12.1 Å². The second-order valence-electron chi connectivity index (χ2n) is 4.55. The van der Waals surface area contributed by atoms with Crippen molar-refractivity contribution in [3.63, 3.8) is 0 Å². The molecule has 2 heterocycles. The van der Waals surface area contributed by atoms with Crippen LogP contribution in [0.3, 0.4) is 0 Å². The Balaban J connectivity index is 2.17. The molecule has 1 atom stereocenters. The molecule has 1 aromatic heterocycles. The molecule has 6 heteroatoms. The Morgan fingerprint density at radius 2 is 2.28 bits per heavy atom. The lowest BCUT2D eigenvalue weighted by Crippen LogP contribution is -1.98. The Morgan fingerprint density at radius 3 is 2.94 bits per heavy atom. The molecule has 1 fully saturated rings. The van der Waals surface area contributed by atoms with Crippen LogP contribution < -0.4 is 0 Å². The molecule has 1 aliphatic rings. The first kappa shape index (κ1) is 12.0. The van der Waals surface area contributed by atoms with E-state index in [2.05, 4.69) is 9.97 Å². The number of aromatic nitrogens is 2. The lowest BCUT2D eigenvalue weighted by Gasteiger charge is -2.02. The number of fused-ring (bicyclic) bond motifs is 1. The lowest BCUT2D eigenvalue weighted by atomic mass is 10.2. The van der Waals surface area contributed by atoms with E-state index in [1.165, 1.54) is 12.7 Å². The van der Waals surface area contributed by atoms with Crippen LogP contribution in [-0.2, 0) is 9.84 Å². The van der Waals surface area contributed by atoms with Crippen LogP contribution in [0.2, 0.25) is 0 Å². The first-order valence-electron chi connectivity index (χ1n) is 5.86. The standard InChI is InChI=1S/C12H14N2O2S2/c1-18(15,16)10-6-2-4-8-11(10)14-12(13-8)9-5-3-7-17-9/h2,4,6,9H,3,5,7H2,1H3,(H,13,14). The van der Waals surface area contributed by atoms with Crippen LogP contribution in [0.5, 0.6) is 0 Å². The number of rotatable bonds is 2. The van der Waals surface area contributed by atoms with Gasteiger partial charge in [-0.05, 0) is 30.7 Å². The summed E-state index contributed by atoms with van der Waals surface area (Å²) in [6.07, 6.45) is 3.53. The lowest BCUT2D eigenvalue weighted by molar-refractivity contribution is 0.602. The summed E-state index contributed by atoms with van der Waals surface area (Å²) < 4.78 is 23.4. The molecule has 0 radical (unpaired) electrons. The molecular weight excluding hydrogens is 268 g/mol. The number of thioether (sulfide) groups is 1. The maximum absolute atomic E-state index is 11.7. The molecule has 2 aromatic rings. The Labute approximate surface area is 110 Å². The predicted molar refractivity (Wildman–Crippen MR) is 73.6 cm³/mol. The molecule has 1 aliphatic heterocycles. The average molecular weight is 282 g/mol. The molecule has 3 rings (SSSR count). The summed E-state index contributed by atoms with van der Waals surface area (Å²) in [6.45, 7) is 0. The molecule has 0 aliphatic carbocycles. The number of benzene rings is 1. The van der Waals surface area contributed by atoms with Crippen LogP contribution in [0.15, 0.2) is 23.1 Å². The number of hydrogen-bond acceptors (Lipinski definition) is 4. The van der Waals surface area contributed by atoms with Gasteiger partial charge < -0.3 is 4.98 Å². The van der Waals surface area contributed by atoms with Crippen LogP contribution in [0.4, 0.5) is 0 Å². The predicted octanol–water partition coefficient (Wildman–Crippen LogP) is 2.53. The van der Waals surface area contributed by atoms with Crippen molar-refractivity contribution in [2.75, 3.05) is 12.0 Å². The van der Waals surface area contributed by atoms with Crippen LogP contribution >= 0.6 is 11.8 Å². The van der Waals surface area contributed by atoms with E-state index in [4.69, 9.17) is 0 Å². The van der Waals surface area contributed by atoms with Crippen LogP contribution in [-0.4, -0.2) is 30.4 Å². The number of H-pyrrole nitrogens is 1. The van der Waals surface area contributed by atoms with Crippen molar-refractivity contribution < 1.29 is 8.42 Å². The minimum Gasteiger partial charge on any atom is -0.341 e. The van der Waals surface area contributed by atoms with Gasteiger partial charge in [0.1, 0.15) is 11.3 Å². The monoisotopic (exact) mass is 282 g/mol. The van der Waals surface area contributed by atoms with Crippen molar-refractivity contribution >= 4 is 32.6 Å². The van der Waals surface area contributed by atoms with Gasteiger partial charge in [-0.1, -0.05) is 6.07 Å². The maximum atomic E-state index is 11.7. The Bertz CT molecular complexity index is 685. The van der Waals surface area contributed by atoms with E-state index >= 15 is 0 Å². The highest BCUT2D eigenvalue weighted by molar-refractivity contribution is 7.99. The summed E-state index contributed by atoms with van der Waals surface area (Å²) in [6, 6.07) is 5.24. The molecule has 1 N–H and O–H groups in total. The number of nitrogens with one attached hydrogen (secondary N) is 1. The van der Waals surface area contributed by atoms with Crippen molar-refractivity contribution in [2.24, 2.45) is 0 Å². The fourth-order valence-electron chi connectivity index (χ4n) is 2.27. The number of aromatic amines is 1. The molecule has 1 aromatic carbocycles. The Morgan fingerprint density at radius 1 is 1.44 bits per heavy atom. The number of hydrogen-bond donors (Lipinski definition) is 1. The minimum atomic E-state index is -3.23. The molecule has 1 saturated heterocycles. The molecule has 0 saturated carbocycles. The summed E-state index contributed by atoms with van der Waals surface area (Å²) in [7, 11) is -3.23. The van der Waals surface area contributed by atoms with E-state index in [-0.39, 0.29) is 0 Å². The average Bonchev–Trinajstić information content (AvgIpc) is 2.95. The number of sulfone groups is 1. The van der Waals surface area contributed by atoms with Gasteiger partial charge in [-0.3, -0.25) is 0 Å². The summed E-state index contributed by atoms with van der Waals surface area (Å²) in [5.41, 5.74) is 1.38. The van der Waals surface area contributed by atoms with E-state index in [1.807, 2.05) is 17.8 Å². The number of imidazole rings is 1. The largest absolute Gasteiger partial charge is 0.341 e. The zero-order valence-electron chi connectivity index (χ0n) is 10.0. The minimum absolute atomic E-state index is 0.311. The van der Waals surface area contributed by atoms with E-state index in [0.717, 1.165) is 23.5 Å². The SMILES string of the molecule is CS(=O)(=O)c1cccc2[nH]c(C3CCCS3)nc12. The first-order valence-corrected chi connectivity index (χ1v) is 8.80. The molecular formula is C12H14N2O2S2. The quantitative estimate of drug-likeness (QED) is 0.919. The van der Waals surface area contributed by atoms with Gasteiger partial charge in [0.25, 0.3) is 0 Å². The van der Waals surface area contributed by atoms with E-state index < -0.39 is 9.84 Å². The van der Waals surface area contributed by atoms with Crippen molar-refractivity contribution in [1.82, 2.24) is 9.97 Å². The smallest absolute Gasteiger partial charge is 0.177 e. The molecule has 18 heavy (non-hydrogen) atoms. The van der Waals surface area contributed by atoms with Gasteiger partial charge in [0.05, 0.1) is 15.7 Å². The van der Waals surface area contributed by atoms with Gasteiger partial charge >= 0.3 is 0 Å². The van der Waals surface area contributed by atoms with Gasteiger partial charge in [0, 0.05) is 6.26 Å². The van der Waals surface area contributed by atoms with Crippen molar-refractivity contribution in [3.8, 4) is 0 Å². The molecule has 1 unspecified atom stereocenters. The third kappa shape index (κ3) is 2.03. The zero-order chi connectivity index (χ0) is 12.8. The summed E-state index contributed by atoms with van der Waals surface area (Å²) in [5, 5.41) is 0.379. The van der Waals surface area contributed by atoms with Crippen LogP contribution in [0.1, 0.15) is 23.9 Å². The van der Waals surface area contributed by atoms with Crippen molar-refractivity contribution in [3.05, 3.63) is 24.0 Å². The summed E-state index contributed by atoms with van der Waals surface area (Å²) in [4.78, 5) is 8.07. The number of nitrogens with zero attached hydrogens (tertiary/aromatic N) is 1. The molecule has 96 valence electrons. The fourth-order valence-corrected chi connectivity index (χ4v) is 4.32. The Hall–Kier alpha value is -1.01. The van der Waals surface area contributed by atoms with Gasteiger partial charge in [0.15, 0.2) is 9.84 Å². The summed E-state index contributed by atoms with van der Waals surface area (Å²) in [5.74, 6) is 2.06. The fraction of sp³-hybridized carbons (Fsp3) is 0.417. The highest BCUT2D eigenvalue weighted by Crippen LogP contribution is 2.39. The van der Waals surface area contributed by atoms with Crippen molar-refractivity contribution in [1.29, 1.82) is 0 Å². The van der Waals surface area contributed by atoms with Gasteiger partial charge in [-0.2, -0.15) is 11.8 Å². The number of para-hydroxylation sites is 1. The third-order valence-corrected chi connectivity index (χ3v) is 5.64. The second kappa shape index (κ2) is 4.28. The van der Waals surface area contributed by atoms with Crippen LogP contribution in [0, 0.1) is 0 Å². The second-order valence-corrected chi connectivity index (χ2v) is 7.84. The Kier molecular flexibility index (Phi) is 2.86. The maximum Gasteiger partial charge on any atom is 0.177 e. The van der Waals surface area contributed by atoms with Crippen molar-refractivity contribution in [2.45, 2.75) is 23.0 Å². The normalized spacial score (nSPS) is 20.6. The van der Waals surface area contributed by atoms with E-state index in [0.29, 0.717) is 15.7 Å². The van der Waals surface area contributed by atoms with Gasteiger partial charge in [0.2, 0.25) is 0 Å².